The quantitative estimate of drug-likeness (QED) is 0.385. The Morgan fingerprint density at radius 2 is 1.89 bits per heavy atom. The second-order valence-corrected chi connectivity index (χ2v) is 13.7. The Balaban J connectivity index is 1.37. The second-order valence-electron chi connectivity index (χ2n) is 12.9. The third-order valence-corrected chi connectivity index (χ3v) is 11.8. The highest BCUT2D eigenvalue weighted by atomic mass is 35.5. The number of nitrogens with zero attached hydrogens (tertiary/aromatic N) is 2. The zero-order valence-electron chi connectivity index (χ0n) is 21.5. The lowest BCUT2D eigenvalue weighted by Gasteiger charge is -2.64. The van der Waals surface area contributed by atoms with Crippen molar-refractivity contribution >= 4 is 40.6 Å². The van der Waals surface area contributed by atoms with Gasteiger partial charge in [-0.2, -0.15) is 5.10 Å². The Hall–Kier alpha value is -1.26. The van der Waals surface area contributed by atoms with Gasteiger partial charge in [0, 0.05) is 22.1 Å². The van der Waals surface area contributed by atoms with E-state index in [9.17, 15) is 4.79 Å². The number of carbonyl (C=O) groups is 1. The fourth-order valence-corrected chi connectivity index (χ4v) is 10.5. The minimum Gasteiger partial charge on any atom is -0.466 e. The van der Waals surface area contributed by atoms with Crippen molar-refractivity contribution in [2.45, 2.75) is 79.1 Å². The smallest absolute Gasteiger partial charge is 0.312 e. The van der Waals surface area contributed by atoms with Gasteiger partial charge < -0.3 is 4.74 Å². The van der Waals surface area contributed by atoms with Gasteiger partial charge in [0.05, 0.1) is 29.3 Å². The van der Waals surface area contributed by atoms with Gasteiger partial charge in [0.25, 0.3) is 0 Å². The van der Waals surface area contributed by atoms with E-state index in [2.05, 4.69) is 25.8 Å². The summed E-state index contributed by atoms with van der Waals surface area (Å²) in [6.07, 6.45) is 9.29. The van der Waals surface area contributed by atoms with E-state index < -0.39 is 0 Å². The molecule has 0 aromatic heterocycles. The van der Waals surface area contributed by atoms with Crippen molar-refractivity contribution in [1.29, 1.82) is 0 Å². The van der Waals surface area contributed by atoms with E-state index in [0.29, 0.717) is 34.4 Å². The first-order chi connectivity index (χ1) is 16.6. The Kier molecular flexibility index (Phi) is 5.42. The molecule has 6 heteroatoms. The Labute approximate surface area is 219 Å². The summed E-state index contributed by atoms with van der Waals surface area (Å²) < 4.78 is 5.66. The molecule has 190 valence electrons. The van der Waals surface area contributed by atoms with Crippen molar-refractivity contribution < 1.29 is 9.53 Å². The van der Waals surface area contributed by atoms with Crippen LogP contribution in [-0.4, -0.2) is 24.8 Å². The van der Waals surface area contributed by atoms with E-state index in [1.165, 1.54) is 37.8 Å². The van der Waals surface area contributed by atoms with Crippen LogP contribution in [-0.2, 0) is 9.53 Å². The fourth-order valence-electron chi connectivity index (χ4n) is 9.97. The summed E-state index contributed by atoms with van der Waals surface area (Å²) in [7, 11) is 0. The lowest BCUT2D eigenvalue weighted by atomic mass is 9.39. The van der Waals surface area contributed by atoms with Crippen LogP contribution in [0.25, 0.3) is 0 Å². The highest BCUT2D eigenvalue weighted by Crippen LogP contribution is 2.75. The topological polar surface area (TPSA) is 41.9 Å². The molecule has 5 aliphatic rings. The van der Waals surface area contributed by atoms with Gasteiger partial charge in [-0.1, -0.05) is 43.5 Å². The van der Waals surface area contributed by atoms with Crippen LogP contribution in [0.15, 0.2) is 23.3 Å². The molecular weight excluding hydrogens is 479 g/mol. The molecule has 35 heavy (non-hydrogen) atoms. The van der Waals surface area contributed by atoms with Gasteiger partial charge in [0.15, 0.2) is 0 Å². The van der Waals surface area contributed by atoms with Crippen molar-refractivity contribution in [2.75, 3.05) is 18.2 Å². The molecule has 6 rings (SSSR count). The zero-order valence-corrected chi connectivity index (χ0v) is 23.0. The van der Waals surface area contributed by atoms with Crippen molar-refractivity contribution in [3.05, 3.63) is 28.2 Å². The van der Waals surface area contributed by atoms with Gasteiger partial charge in [-0.15, -0.1) is 0 Å². The summed E-state index contributed by atoms with van der Waals surface area (Å²) in [6.45, 7) is 10.5. The molecule has 4 nitrogen and oxygen atoms in total. The third-order valence-electron chi connectivity index (χ3n) is 11.2. The highest BCUT2D eigenvalue weighted by molar-refractivity contribution is 6.36. The molecule has 1 aromatic rings. The molecule has 1 heterocycles. The fraction of sp³-hybridized carbons (Fsp3) is 0.724. The summed E-state index contributed by atoms with van der Waals surface area (Å²) in [5.41, 5.74) is 2.59. The maximum absolute atomic E-state index is 13.3. The molecule has 0 N–H and O–H groups in total. The van der Waals surface area contributed by atoms with E-state index in [4.69, 9.17) is 33.0 Å². The predicted molar refractivity (Wildman–Crippen MR) is 142 cm³/mol. The summed E-state index contributed by atoms with van der Waals surface area (Å²) in [6, 6.07) is 5.74. The van der Waals surface area contributed by atoms with E-state index in [0.717, 1.165) is 31.5 Å². The summed E-state index contributed by atoms with van der Waals surface area (Å²) in [4.78, 5) is 13.3. The van der Waals surface area contributed by atoms with Crippen LogP contribution >= 0.6 is 23.2 Å². The van der Waals surface area contributed by atoms with Gasteiger partial charge in [0.2, 0.25) is 0 Å². The molecule has 1 spiro atoms. The number of hydrazone groups is 1. The number of anilines is 1. The number of halogens is 2. The summed E-state index contributed by atoms with van der Waals surface area (Å²) in [5, 5.41) is 8.74. The first-order valence-electron chi connectivity index (χ1n) is 13.6. The van der Waals surface area contributed by atoms with Crippen LogP contribution in [0.4, 0.5) is 5.69 Å². The van der Waals surface area contributed by atoms with Crippen molar-refractivity contribution in [3.8, 4) is 0 Å². The molecule has 0 amide bonds. The predicted octanol–water partition coefficient (Wildman–Crippen LogP) is 7.76. The van der Waals surface area contributed by atoms with E-state index in [1.54, 1.807) is 0 Å². The number of benzene rings is 1. The maximum atomic E-state index is 13.3. The third kappa shape index (κ3) is 3.17. The Bertz CT molecular complexity index is 1110. The Morgan fingerprint density at radius 3 is 2.63 bits per heavy atom. The number of rotatable bonds is 3. The van der Waals surface area contributed by atoms with Gasteiger partial charge in [-0.3, -0.25) is 9.80 Å². The molecule has 1 aromatic carbocycles. The monoisotopic (exact) mass is 516 g/mol. The molecule has 0 saturated heterocycles. The van der Waals surface area contributed by atoms with Gasteiger partial charge in [0.1, 0.15) is 0 Å². The largest absolute Gasteiger partial charge is 0.466 e. The van der Waals surface area contributed by atoms with Crippen LogP contribution in [0.2, 0.25) is 10.0 Å². The average Bonchev–Trinajstić information content (AvgIpc) is 3.31. The highest BCUT2D eigenvalue weighted by Gasteiger charge is 2.71. The number of fused-ring (bicyclic) bond motifs is 5. The number of esters is 1. The lowest BCUT2D eigenvalue weighted by molar-refractivity contribution is -0.191. The molecule has 0 radical (unpaired) electrons. The van der Waals surface area contributed by atoms with Crippen molar-refractivity contribution in [2.24, 2.45) is 44.5 Å². The summed E-state index contributed by atoms with van der Waals surface area (Å²) in [5.74, 6) is 1.51. The van der Waals surface area contributed by atoms with Crippen molar-refractivity contribution in [3.63, 3.8) is 0 Å². The van der Waals surface area contributed by atoms with Crippen LogP contribution in [0.1, 0.15) is 79.1 Å². The van der Waals surface area contributed by atoms with Crippen LogP contribution in [0.5, 0.6) is 0 Å². The van der Waals surface area contributed by atoms with Gasteiger partial charge >= 0.3 is 5.97 Å². The maximum Gasteiger partial charge on any atom is 0.312 e. The molecule has 0 unspecified atom stereocenters. The zero-order chi connectivity index (χ0) is 24.8. The molecule has 2 bridgehead atoms. The first-order valence-corrected chi connectivity index (χ1v) is 14.3. The number of hydrogen-bond donors (Lipinski definition) is 0. The Morgan fingerprint density at radius 1 is 1.11 bits per heavy atom. The van der Waals surface area contributed by atoms with Crippen molar-refractivity contribution in [1.82, 2.24) is 0 Å². The summed E-state index contributed by atoms with van der Waals surface area (Å²) >= 11 is 12.8. The molecular formula is C29H38Cl2N2O2. The standard InChI is InChI=1S/C29H38Cl2N2O2/c1-5-35-25(34)28(4)12-6-11-27(3)22(28)10-14-29-17-26(2,13-9-23(27)29)24-19(29)16-33(32-24)21-8-7-18(30)15-20(21)31/h7-8,15,19,22-23H,5-6,9-14,16-17H2,1-4H3/t19-,22+,23+,26+,27-,28-,29-/m1/s1. The molecule has 4 fully saturated rings. The second kappa shape index (κ2) is 7.87. The minimum atomic E-state index is -0.362. The molecule has 4 aliphatic carbocycles. The van der Waals surface area contributed by atoms with E-state index in [1.807, 2.05) is 25.1 Å². The number of hydrogen-bond acceptors (Lipinski definition) is 4. The minimum absolute atomic E-state index is 0.0330. The molecule has 7 atom stereocenters. The average molecular weight is 518 g/mol. The normalized spacial score (nSPS) is 43.8. The number of carbonyl (C=O) groups excluding carboxylic acids is 1. The first kappa shape index (κ1) is 24.1. The van der Waals surface area contributed by atoms with Crippen LogP contribution < -0.4 is 5.01 Å². The van der Waals surface area contributed by atoms with Gasteiger partial charge in [-0.25, -0.2) is 0 Å². The van der Waals surface area contributed by atoms with E-state index in [-0.39, 0.29) is 27.6 Å². The van der Waals surface area contributed by atoms with Crippen LogP contribution in [0, 0.1) is 39.4 Å². The number of ether oxygens (including phenoxy) is 1. The van der Waals surface area contributed by atoms with Gasteiger partial charge in [-0.05, 0) is 99.7 Å². The molecule has 4 saturated carbocycles. The molecule has 1 aliphatic heterocycles. The lowest BCUT2D eigenvalue weighted by Crippen LogP contribution is -2.60. The van der Waals surface area contributed by atoms with E-state index >= 15 is 0 Å². The van der Waals surface area contributed by atoms with Crippen LogP contribution in [0.3, 0.4) is 0 Å². The SMILES string of the molecule is CCOC(=O)[C@]1(C)CCC[C@@]2(C)[C@@H]3CC[C@@]4(C)C[C@]3(CC[C@@H]21)[C@@H]1CN(c2ccc(Cl)cc2Cl)N=C14.